The minimum absolute atomic E-state index is 0. The highest BCUT2D eigenvalue weighted by atomic mass is 35.5. The summed E-state index contributed by atoms with van der Waals surface area (Å²) < 4.78 is 0. The van der Waals surface area contributed by atoms with Gasteiger partial charge in [-0.3, -0.25) is 9.59 Å². The van der Waals surface area contributed by atoms with Gasteiger partial charge in [-0.1, -0.05) is 42.7 Å². The first-order valence-electron chi connectivity index (χ1n) is 10.5. The van der Waals surface area contributed by atoms with Gasteiger partial charge in [0.2, 0.25) is 11.8 Å². The zero-order chi connectivity index (χ0) is 18.9. The van der Waals surface area contributed by atoms with Gasteiger partial charge in [0.15, 0.2) is 0 Å². The molecule has 0 radical (unpaired) electrons. The van der Waals surface area contributed by atoms with Crippen LogP contribution in [0.4, 0.5) is 0 Å². The lowest BCUT2D eigenvalue weighted by Gasteiger charge is -2.43. The monoisotopic (exact) mass is 405 g/mol. The van der Waals surface area contributed by atoms with Crippen molar-refractivity contribution in [3.8, 4) is 0 Å². The molecule has 1 N–H and O–H groups in total. The first-order chi connectivity index (χ1) is 13.1. The molecule has 2 aliphatic heterocycles. The fourth-order valence-corrected chi connectivity index (χ4v) is 5.25. The van der Waals surface area contributed by atoms with Crippen LogP contribution in [0.25, 0.3) is 0 Å². The van der Waals surface area contributed by atoms with Crippen molar-refractivity contribution >= 4 is 24.2 Å². The zero-order valence-electron chi connectivity index (χ0n) is 16.8. The molecule has 1 saturated carbocycles. The van der Waals surface area contributed by atoms with Crippen molar-refractivity contribution in [1.82, 2.24) is 15.1 Å². The molecule has 2 heterocycles. The summed E-state index contributed by atoms with van der Waals surface area (Å²) in [5, 5.41) is 3.14. The third-order valence-electron chi connectivity index (χ3n) is 6.69. The standard InChI is InChI=1S/C22H31N3O2.ClH/c1-17-6-4-7-18(14-17)22(9-2-3-10-22)21(27)24-12-5-8-19(16-24)25-13-11-23-15-20(25)26;/h4,6-7,14,19,23H,2-3,5,8-13,15-16H2,1H3;1H. The third-order valence-corrected chi connectivity index (χ3v) is 6.69. The molecule has 3 aliphatic rings. The average Bonchev–Trinajstić information content (AvgIpc) is 3.19. The highest BCUT2D eigenvalue weighted by molar-refractivity contribution is 5.89. The van der Waals surface area contributed by atoms with Crippen LogP contribution in [0.2, 0.25) is 0 Å². The van der Waals surface area contributed by atoms with Crippen molar-refractivity contribution in [3.63, 3.8) is 0 Å². The highest BCUT2D eigenvalue weighted by Crippen LogP contribution is 2.43. The molecule has 3 fully saturated rings. The van der Waals surface area contributed by atoms with Crippen LogP contribution < -0.4 is 5.32 Å². The Morgan fingerprint density at radius 3 is 2.68 bits per heavy atom. The molecule has 28 heavy (non-hydrogen) atoms. The zero-order valence-corrected chi connectivity index (χ0v) is 17.6. The topological polar surface area (TPSA) is 52.7 Å². The van der Waals surface area contributed by atoms with Gasteiger partial charge in [0.25, 0.3) is 0 Å². The molecule has 5 nitrogen and oxygen atoms in total. The first kappa shape index (κ1) is 21.1. The van der Waals surface area contributed by atoms with Crippen LogP contribution in [0.3, 0.4) is 0 Å². The van der Waals surface area contributed by atoms with Gasteiger partial charge >= 0.3 is 0 Å². The van der Waals surface area contributed by atoms with Crippen LogP contribution in [0.1, 0.15) is 49.7 Å². The predicted molar refractivity (Wildman–Crippen MR) is 113 cm³/mol. The second-order valence-electron chi connectivity index (χ2n) is 8.47. The Bertz CT molecular complexity index is 717. The van der Waals surface area contributed by atoms with Crippen molar-refractivity contribution in [2.45, 2.75) is 56.9 Å². The van der Waals surface area contributed by atoms with Gasteiger partial charge in [-0.25, -0.2) is 0 Å². The van der Waals surface area contributed by atoms with E-state index in [-0.39, 0.29) is 35.7 Å². The highest BCUT2D eigenvalue weighted by Gasteiger charge is 2.46. The number of halogens is 1. The van der Waals surface area contributed by atoms with E-state index in [4.69, 9.17) is 0 Å². The summed E-state index contributed by atoms with van der Waals surface area (Å²) in [5.74, 6) is 0.465. The van der Waals surface area contributed by atoms with E-state index in [2.05, 4.69) is 41.4 Å². The fraction of sp³-hybridized carbons (Fsp3) is 0.636. The summed E-state index contributed by atoms with van der Waals surface area (Å²) in [5.41, 5.74) is 2.04. The molecular weight excluding hydrogens is 374 g/mol. The summed E-state index contributed by atoms with van der Waals surface area (Å²) >= 11 is 0. The number of amides is 2. The number of piperazine rings is 1. The second-order valence-corrected chi connectivity index (χ2v) is 8.47. The molecule has 2 saturated heterocycles. The summed E-state index contributed by atoms with van der Waals surface area (Å²) in [4.78, 5) is 30.1. The average molecular weight is 406 g/mol. The van der Waals surface area contributed by atoms with Crippen molar-refractivity contribution in [1.29, 1.82) is 0 Å². The number of likely N-dealkylation sites (tertiary alicyclic amines) is 1. The molecule has 1 atom stereocenters. The van der Waals surface area contributed by atoms with Gasteiger partial charge in [-0.15, -0.1) is 12.4 Å². The fourth-order valence-electron chi connectivity index (χ4n) is 5.25. The van der Waals surface area contributed by atoms with Crippen LogP contribution in [-0.4, -0.2) is 60.4 Å². The number of rotatable bonds is 3. The number of nitrogens with zero attached hydrogens (tertiary/aromatic N) is 2. The molecule has 1 aliphatic carbocycles. The summed E-state index contributed by atoms with van der Waals surface area (Å²) in [7, 11) is 0. The Morgan fingerprint density at radius 2 is 1.96 bits per heavy atom. The number of hydrogen-bond acceptors (Lipinski definition) is 3. The minimum Gasteiger partial charge on any atom is -0.340 e. The number of carbonyl (C=O) groups is 2. The van der Waals surface area contributed by atoms with Crippen LogP contribution in [0, 0.1) is 6.92 Å². The summed E-state index contributed by atoms with van der Waals surface area (Å²) in [6.07, 6.45) is 6.12. The van der Waals surface area contributed by atoms with E-state index in [0.717, 1.165) is 58.2 Å². The van der Waals surface area contributed by atoms with Crippen molar-refractivity contribution < 1.29 is 9.59 Å². The molecular formula is C22H32ClN3O2. The number of benzene rings is 1. The normalized spacial score (nSPS) is 24.8. The number of piperidine rings is 1. The maximum Gasteiger partial charge on any atom is 0.236 e. The van der Waals surface area contributed by atoms with E-state index in [1.54, 1.807) is 0 Å². The molecule has 0 aromatic heterocycles. The number of hydrogen-bond donors (Lipinski definition) is 1. The molecule has 6 heteroatoms. The lowest BCUT2D eigenvalue weighted by atomic mass is 9.76. The minimum atomic E-state index is -0.360. The first-order valence-corrected chi connectivity index (χ1v) is 10.5. The maximum atomic E-state index is 13.8. The molecule has 2 amide bonds. The Balaban J connectivity index is 0.00000225. The maximum absolute atomic E-state index is 13.8. The van der Waals surface area contributed by atoms with Crippen molar-refractivity contribution in [3.05, 3.63) is 35.4 Å². The Kier molecular flexibility index (Phi) is 6.66. The number of carbonyl (C=O) groups excluding carboxylic acids is 2. The Hall–Kier alpha value is -1.59. The lowest BCUT2D eigenvalue weighted by Crippen LogP contribution is -2.59. The van der Waals surface area contributed by atoms with E-state index in [9.17, 15) is 9.59 Å². The smallest absolute Gasteiger partial charge is 0.236 e. The second kappa shape index (κ2) is 8.83. The van der Waals surface area contributed by atoms with Crippen LogP contribution >= 0.6 is 12.4 Å². The SMILES string of the molecule is Cc1cccc(C2(C(=O)N3CCCC(N4CCNCC4=O)C3)CCCC2)c1.Cl. The summed E-state index contributed by atoms with van der Waals surface area (Å²) in [6, 6.07) is 8.69. The van der Waals surface area contributed by atoms with E-state index in [0.29, 0.717) is 13.1 Å². The molecule has 0 spiro atoms. The van der Waals surface area contributed by atoms with E-state index in [1.807, 2.05) is 4.90 Å². The molecule has 4 rings (SSSR count). The van der Waals surface area contributed by atoms with Gasteiger partial charge < -0.3 is 15.1 Å². The quantitative estimate of drug-likeness (QED) is 0.841. The molecule has 154 valence electrons. The predicted octanol–water partition coefficient (Wildman–Crippen LogP) is 2.65. The Labute approximate surface area is 174 Å². The van der Waals surface area contributed by atoms with Gasteiger partial charge in [0.1, 0.15) is 0 Å². The number of nitrogens with one attached hydrogen (secondary N) is 1. The van der Waals surface area contributed by atoms with Gasteiger partial charge in [0, 0.05) is 32.2 Å². The van der Waals surface area contributed by atoms with Gasteiger partial charge in [-0.05, 0) is 38.2 Å². The third kappa shape index (κ3) is 3.92. The largest absolute Gasteiger partial charge is 0.340 e. The molecule has 1 unspecified atom stereocenters. The summed E-state index contributed by atoms with van der Waals surface area (Å²) in [6.45, 7) is 5.65. The van der Waals surface area contributed by atoms with E-state index >= 15 is 0 Å². The van der Waals surface area contributed by atoms with E-state index < -0.39 is 0 Å². The lowest BCUT2D eigenvalue weighted by molar-refractivity contribution is -0.143. The van der Waals surface area contributed by atoms with Crippen molar-refractivity contribution in [2.75, 3.05) is 32.7 Å². The van der Waals surface area contributed by atoms with Crippen LogP contribution in [-0.2, 0) is 15.0 Å². The van der Waals surface area contributed by atoms with Crippen LogP contribution in [0.15, 0.2) is 24.3 Å². The van der Waals surface area contributed by atoms with E-state index in [1.165, 1.54) is 11.1 Å². The molecule has 0 bridgehead atoms. The van der Waals surface area contributed by atoms with Crippen LogP contribution in [0.5, 0.6) is 0 Å². The van der Waals surface area contributed by atoms with Gasteiger partial charge in [-0.2, -0.15) is 0 Å². The molecule has 1 aromatic carbocycles. The number of aryl methyl sites for hydroxylation is 1. The molecule has 1 aromatic rings. The van der Waals surface area contributed by atoms with Crippen molar-refractivity contribution in [2.24, 2.45) is 0 Å². The Morgan fingerprint density at radius 1 is 1.18 bits per heavy atom. The van der Waals surface area contributed by atoms with Gasteiger partial charge in [0.05, 0.1) is 12.0 Å².